The third kappa shape index (κ3) is 4.36. The fraction of sp³-hybridized carbons (Fsp3) is 0.438. The second-order valence-electron chi connectivity index (χ2n) is 5.59. The largest absolute Gasteiger partial charge is 0.312 e. The van der Waals surface area contributed by atoms with E-state index in [4.69, 9.17) is 11.6 Å². The van der Waals surface area contributed by atoms with Gasteiger partial charge in [0.05, 0.1) is 12.2 Å². The maximum absolute atomic E-state index is 5.90. The summed E-state index contributed by atoms with van der Waals surface area (Å²) in [6.45, 7) is 9.17. The van der Waals surface area contributed by atoms with Crippen molar-refractivity contribution in [2.45, 2.75) is 33.9 Å². The molecule has 3 nitrogen and oxygen atoms in total. The standard InChI is InChI=1S/C16H22ClN3/c1-12(2)8-18-9-15-11-20(19-13(15)3)10-14-4-6-16(17)7-5-14/h4-7,11-12,18H,8-10H2,1-3H3. The number of rotatable bonds is 6. The quantitative estimate of drug-likeness (QED) is 0.880. The van der Waals surface area contributed by atoms with Crippen molar-refractivity contribution in [3.63, 3.8) is 0 Å². The number of benzene rings is 1. The van der Waals surface area contributed by atoms with Crippen LogP contribution in [-0.2, 0) is 13.1 Å². The Balaban J connectivity index is 1.97. The highest BCUT2D eigenvalue weighted by atomic mass is 35.5. The van der Waals surface area contributed by atoms with Crippen LogP contribution >= 0.6 is 11.6 Å². The van der Waals surface area contributed by atoms with E-state index in [0.29, 0.717) is 5.92 Å². The minimum atomic E-state index is 0.666. The van der Waals surface area contributed by atoms with Crippen molar-refractivity contribution >= 4 is 11.6 Å². The van der Waals surface area contributed by atoms with Gasteiger partial charge in [-0.15, -0.1) is 0 Å². The molecule has 0 saturated heterocycles. The molecule has 108 valence electrons. The van der Waals surface area contributed by atoms with Gasteiger partial charge in [-0.05, 0) is 37.1 Å². The summed E-state index contributed by atoms with van der Waals surface area (Å²) >= 11 is 5.90. The fourth-order valence-electron chi connectivity index (χ4n) is 2.09. The highest BCUT2D eigenvalue weighted by Gasteiger charge is 2.05. The van der Waals surface area contributed by atoms with Crippen LogP contribution in [0.4, 0.5) is 0 Å². The average molecular weight is 292 g/mol. The third-order valence-electron chi connectivity index (χ3n) is 3.17. The molecule has 0 aliphatic carbocycles. The molecule has 2 rings (SSSR count). The number of nitrogens with zero attached hydrogens (tertiary/aromatic N) is 2. The molecule has 0 bridgehead atoms. The molecule has 0 fully saturated rings. The van der Waals surface area contributed by atoms with Crippen molar-refractivity contribution in [2.24, 2.45) is 5.92 Å². The Kier molecular flexibility index (Phi) is 5.21. The lowest BCUT2D eigenvalue weighted by Crippen LogP contribution is -2.19. The summed E-state index contributed by atoms with van der Waals surface area (Å²) in [5.41, 5.74) is 3.56. The summed E-state index contributed by atoms with van der Waals surface area (Å²) in [5, 5.41) is 8.79. The van der Waals surface area contributed by atoms with E-state index in [1.54, 1.807) is 0 Å². The van der Waals surface area contributed by atoms with Crippen LogP contribution in [0.3, 0.4) is 0 Å². The molecule has 1 N–H and O–H groups in total. The molecule has 2 aromatic rings. The molecule has 0 spiro atoms. The molecule has 0 amide bonds. The molecule has 1 aromatic heterocycles. The Hall–Kier alpha value is -1.32. The minimum absolute atomic E-state index is 0.666. The predicted molar refractivity (Wildman–Crippen MR) is 84.1 cm³/mol. The van der Waals surface area contributed by atoms with Gasteiger partial charge in [0.15, 0.2) is 0 Å². The molecular weight excluding hydrogens is 270 g/mol. The Bertz CT molecular complexity index is 543. The summed E-state index contributed by atoms with van der Waals surface area (Å²) in [4.78, 5) is 0. The molecule has 1 heterocycles. The highest BCUT2D eigenvalue weighted by molar-refractivity contribution is 6.30. The normalized spacial score (nSPS) is 11.2. The van der Waals surface area contributed by atoms with E-state index in [1.165, 1.54) is 11.1 Å². The van der Waals surface area contributed by atoms with Crippen LogP contribution in [0, 0.1) is 12.8 Å². The van der Waals surface area contributed by atoms with Crippen LogP contribution in [0.2, 0.25) is 5.02 Å². The van der Waals surface area contributed by atoms with E-state index >= 15 is 0 Å². The Morgan fingerprint density at radius 2 is 1.95 bits per heavy atom. The van der Waals surface area contributed by atoms with Gasteiger partial charge in [-0.2, -0.15) is 5.10 Å². The first-order valence-corrected chi connectivity index (χ1v) is 7.40. The van der Waals surface area contributed by atoms with Gasteiger partial charge in [0, 0.05) is 23.3 Å². The maximum Gasteiger partial charge on any atom is 0.0659 e. The number of hydrogen-bond donors (Lipinski definition) is 1. The van der Waals surface area contributed by atoms with E-state index in [2.05, 4.69) is 37.4 Å². The average Bonchev–Trinajstić information content (AvgIpc) is 2.72. The van der Waals surface area contributed by atoms with E-state index < -0.39 is 0 Å². The number of aromatic nitrogens is 2. The first kappa shape index (κ1) is 15.1. The first-order chi connectivity index (χ1) is 9.54. The molecule has 0 unspecified atom stereocenters. The molecule has 0 aliphatic heterocycles. The zero-order chi connectivity index (χ0) is 14.5. The van der Waals surface area contributed by atoms with Crippen molar-refractivity contribution in [1.29, 1.82) is 0 Å². The smallest absolute Gasteiger partial charge is 0.0659 e. The number of nitrogens with one attached hydrogen (secondary N) is 1. The topological polar surface area (TPSA) is 29.9 Å². The van der Waals surface area contributed by atoms with Gasteiger partial charge < -0.3 is 5.32 Å². The third-order valence-corrected chi connectivity index (χ3v) is 3.43. The molecule has 20 heavy (non-hydrogen) atoms. The molecule has 0 saturated carbocycles. The van der Waals surface area contributed by atoms with Crippen LogP contribution < -0.4 is 5.32 Å². The number of halogens is 1. The van der Waals surface area contributed by atoms with Crippen molar-refractivity contribution in [3.05, 3.63) is 52.3 Å². The lowest BCUT2D eigenvalue weighted by atomic mass is 10.2. The van der Waals surface area contributed by atoms with Crippen molar-refractivity contribution in [1.82, 2.24) is 15.1 Å². The minimum Gasteiger partial charge on any atom is -0.312 e. The summed E-state index contributed by atoms with van der Waals surface area (Å²) in [7, 11) is 0. The fourth-order valence-corrected chi connectivity index (χ4v) is 2.21. The second-order valence-corrected chi connectivity index (χ2v) is 6.02. The summed E-state index contributed by atoms with van der Waals surface area (Å²) in [5.74, 6) is 0.666. The zero-order valence-corrected chi connectivity index (χ0v) is 13.1. The van der Waals surface area contributed by atoms with E-state index in [9.17, 15) is 0 Å². The predicted octanol–water partition coefficient (Wildman–Crippen LogP) is 3.64. The number of hydrogen-bond acceptors (Lipinski definition) is 2. The second kappa shape index (κ2) is 6.91. The Labute approximate surface area is 126 Å². The molecule has 0 atom stereocenters. The van der Waals surface area contributed by atoms with Gasteiger partial charge in [0.2, 0.25) is 0 Å². The van der Waals surface area contributed by atoms with Crippen LogP contribution in [0.1, 0.15) is 30.7 Å². The van der Waals surface area contributed by atoms with Gasteiger partial charge in [0.1, 0.15) is 0 Å². The molecule has 1 aromatic carbocycles. The zero-order valence-electron chi connectivity index (χ0n) is 12.4. The van der Waals surface area contributed by atoms with Crippen LogP contribution in [-0.4, -0.2) is 16.3 Å². The Morgan fingerprint density at radius 1 is 1.25 bits per heavy atom. The van der Waals surface area contributed by atoms with Crippen molar-refractivity contribution in [3.8, 4) is 0 Å². The van der Waals surface area contributed by atoms with Crippen LogP contribution in [0.15, 0.2) is 30.5 Å². The first-order valence-electron chi connectivity index (χ1n) is 7.02. The summed E-state index contributed by atoms with van der Waals surface area (Å²) < 4.78 is 1.99. The highest BCUT2D eigenvalue weighted by Crippen LogP contribution is 2.12. The SMILES string of the molecule is Cc1nn(Cc2ccc(Cl)cc2)cc1CNCC(C)C. The van der Waals surface area contributed by atoms with Gasteiger partial charge in [0.25, 0.3) is 0 Å². The van der Waals surface area contributed by atoms with Gasteiger partial charge in [-0.1, -0.05) is 37.6 Å². The summed E-state index contributed by atoms with van der Waals surface area (Å²) in [6, 6.07) is 7.91. The lowest BCUT2D eigenvalue weighted by molar-refractivity contribution is 0.551. The van der Waals surface area contributed by atoms with Crippen molar-refractivity contribution in [2.75, 3.05) is 6.54 Å². The van der Waals surface area contributed by atoms with Crippen molar-refractivity contribution < 1.29 is 0 Å². The monoisotopic (exact) mass is 291 g/mol. The van der Waals surface area contributed by atoms with E-state index in [-0.39, 0.29) is 0 Å². The van der Waals surface area contributed by atoms with Crippen LogP contribution in [0.25, 0.3) is 0 Å². The van der Waals surface area contributed by atoms with Gasteiger partial charge in [-0.25, -0.2) is 0 Å². The summed E-state index contributed by atoms with van der Waals surface area (Å²) in [6.07, 6.45) is 2.12. The Morgan fingerprint density at radius 3 is 2.60 bits per heavy atom. The molecule has 0 radical (unpaired) electrons. The van der Waals surface area contributed by atoms with E-state index in [1.807, 2.05) is 28.9 Å². The molecule has 4 heteroatoms. The number of aryl methyl sites for hydroxylation is 1. The van der Waals surface area contributed by atoms with E-state index in [0.717, 1.165) is 30.4 Å². The van der Waals surface area contributed by atoms with Gasteiger partial charge in [-0.3, -0.25) is 4.68 Å². The lowest BCUT2D eigenvalue weighted by Gasteiger charge is -2.06. The van der Waals surface area contributed by atoms with Crippen LogP contribution in [0.5, 0.6) is 0 Å². The molecular formula is C16H22ClN3. The molecule has 0 aliphatic rings. The maximum atomic E-state index is 5.90. The van der Waals surface area contributed by atoms with Gasteiger partial charge >= 0.3 is 0 Å².